The summed E-state index contributed by atoms with van der Waals surface area (Å²) in [5.74, 6) is -0.365. The summed E-state index contributed by atoms with van der Waals surface area (Å²) >= 11 is 0. The summed E-state index contributed by atoms with van der Waals surface area (Å²) in [6.07, 6.45) is 64.1. The number of hydrogen-bond acceptors (Lipinski definition) is 5. The van der Waals surface area contributed by atoms with Crippen molar-refractivity contribution in [3.8, 4) is 0 Å². The Bertz CT molecular complexity index is 891. The van der Waals surface area contributed by atoms with E-state index in [2.05, 4.69) is 20.8 Å². The molecule has 5 heteroatoms. The Labute approximate surface area is 402 Å². The molecule has 0 N–H and O–H groups in total. The number of rotatable bonds is 56. The first-order chi connectivity index (χ1) is 31.6. The van der Waals surface area contributed by atoms with E-state index in [1.807, 2.05) is 0 Å². The number of hydrogen-bond donors (Lipinski definition) is 0. The fraction of sp³-hybridized carbons (Fsp3) is 0.966. The van der Waals surface area contributed by atoms with Gasteiger partial charge < -0.3 is 14.2 Å². The SMILES string of the molecule is CCCCCCCCCCCCCCCCCCCCCC(=O)OCC(COCCCCCCCCCCCCCCCCCC)OC(=O)CCCCCCCCCCCCCCC. The second kappa shape index (κ2) is 56.2. The fourth-order valence-electron chi connectivity index (χ4n) is 9.22. The van der Waals surface area contributed by atoms with Gasteiger partial charge in [-0.1, -0.05) is 310 Å². The highest BCUT2D eigenvalue weighted by molar-refractivity contribution is 5.70. The summed E-state index contributed by atoms with van der Waals surface area (Å²) in [5, 5.41) is 0. The molecular formula is C59H116O5. The van der Waals surface area contributed by atoms with E-state index in [9.17, 15) is 9.59 Å². The quantitative estimate of drug-likeness (QED) is 0.0449. The Balaban J connectivity index is 4.15. The molecule has 1 atom stereocenters. The Kier molecular flexibility index (Phi) is 55.3. The third-order valence-electron chi connectivity index (χ3n) is 13.6. The first-order valence-electron chi connectivity index (χ1n) is 29.6. The zero-order valence-electron chi connectivity index (χ0n) is 44.1. The third-order valence-corrected chi connectivity index (χ3v) is 13.6. The summed E-state index contributed by atoms with van der Waals surface area (Å²) < 4.78 is 17.5. The van der Waals surface area contributed by atoms with Crippen LogP contribution in [0, 0.1) is 0 Å². The van der Waals surface area contributed by atoms with Gasteiger partial charge in [0, 0.05) is 19.4 Å². The van der Waals surface area contributed by atoms with Crippen LogP contribution in [-0.4, -0.2) is 37.9 Å². The molecule has 0 fully saturated rings. The highest BCUT2D eigenvalue weighted by atomic mass is 16.6. The molecule has 5 nitrogen and oxygen atoms in total. The molecule has 0 heterocycles. The molecule has 0 aromatic carbocycles. The van der Waals surface area contributed by atoms with Crippen LogP contribution in [0.1, 0.15) is 342 Å². The van der Waals surface area contributed by atoms with E-state index in [1.165, 1.54) is 276 Å². The molecule has 0 saturated heterocycles. The van der Waals surface area contributed by atoms with Gasteiger partial charge in [-0.3, -0.25) is 9.59 Å². The third kappa shape index (κ3) is 53.5. The van der Waals surface area contributed by atoms with Crippen molar-refractivity contribution in [3.05, 3.63) is 0 Å². The molecule has 0 aliphatic carbocycles. The lowest BCUT2D eigenvalue weighted by Gasteiger charge is -2.18. The maximum Gasteiger partial charge on any atom is 0.306 e. The van der Waals surface area contributed by atoms with Crippen molar-refractivity contribution < 1.29 is 23.8 Å². The molecule has 0 aliphatic heterocycles. The highest BCUT2D eigenvalue weighted by Gasteiger charge is 2.18. The van der Waals surface area contributed by atoms with Crippen LogP contribution in [0.5, 0.6) is 0 Å². The van der Waals surface area contributed by atoms with E-state index < -0.39 is 6.10 Å². The predicted octanol–water partition coefficient (Wildman–Crippen LogP) is 20.0. The van der Waals surface area contributed by atoms with Crippen molar-refractivity contribution >= 4 is 11.9 Å². The van der Waals surface area contributed by atoms with Gasteiger partial charge in [0.05, 0.1) is 6.61 Å². The maximum atomic E-state index is 12.8. The summed E-state index contributed by atoms with van der Waals surface area (Å²) in [7, 11) is 0. The highest BCUT2D eigenvalue weighted by Crippen LogP contribution is 2.18. The number of carbonyl (C=O) groups is 2. The molecule has 0 rings (SSSR count). The minimum atomic E-state index is -0.524. The Hall–Kier alpha value is -1.10. The van der Waals surface area contributed by atoms with E-state index in [4.69, 9.17) is 14.2 Å². The summed E-state index contributed by atoms with van der Waals surface area (Å²) in [6.45, 7) is 7.93. The maximum absolute atomic E-state index is 12.8. The van der Waals surface area contributed by atoms with Gasteiger partial charge >= 0.3 is 11.9 Å². The normalized spacial score (nSPS) is 12.0. The van der Waals surface area contributed by atoms with Crippen LogP contribution in [0.3, 0.4) is 0 Å². The molecule has 0 aliphatic rings. The van der Waals surface area contributed by atoms with Crippen molar-refractivity contribution in [3.63, 3.8) is 0 Å². The van der Waals surface area contributed by atoms with Crippen molar-refractivity contribution in [2.24, 2.45) is 0 Å². The lowest BCUT2D eigenvalue weighted by atomic mass is 10.0. The molecule has 0 saturated carbocycles. The molecule has 0 aromatic rings. The van der Waals surface area contributed by atoms with Crippen LogP contribution >= 0.6 is 0 Å². The van der Waals surface area contributed by atoms with E-state index in [-0.39, 0.29) is 18.5 Å². The molecule has 382 valence electrons. The molecule has 1 unspecified atom stereocenters. The van der Waals surface area contributed by atoms with Crippen molar-refractivity contribution in [2.45, 2.75) is 348 Å². The second-order valence-electron chi connectivity index (χ2n) is 20.3. The van der Waals surface area contributed by atoms with E-state index in [0.717, 1.165) is 32.1 Å². The Morgan fingerprint density at radius 1 is 0.281 bits per heavy atom. The van der Waals surface area contributed by atoms with Gasteiger partial charge in [0.15, 0.2) is 6.10 Å². The molecule has 0 amide bonds. The summed E-state index contributed by atoms with van der Waals surface area (Å²) in [4.78, 5) is 25.5. The molecule has 0 radical (unpaired) electrons. The molecule has 0 bridgehead atoms. The van der Waals surface area contributed by atoms with Gasteiger partial charge in [-0.05, 0) is 19.3 Å². The van der Waals surface area contributed by atoms with Crippen molar-refractivity contribution in [1.29, 1.82) is 0 Å². The topological polar surface area (TPSA) is 61.8 Å². The van der Waals surface area contributed by atoms with Crippen LogP contribution in [0.2, 0.25) is 0 Å². The zero-order chi connectivity index (χ0) is 46.3. The number of carbonyl (C=O) groups excluding carboxylic acids is 2. The monoisotopic (exact) mass is 905 g/mol. The van der Waals surface area contributed by atoms with Crippen LogP contribution in [-0.2, 0) is 23.8 Å². The van der Waals surface area contributed by atoms with Crippen molar-refractivity contribution in [1.82, 2.24) is 0 Å². The smallest absolute Gasteiger partial charge is 0.306 e. The molecule has 0 spiro atoms. The fourth-order valence-corrected chi connectivity index (χ4v) is 9.22. The van der Waals surface area contributed by atoms with Gasteiger partial charge in [-0.25, -0.2) is 0 Å². The van der Waals surface area contributed by atoms with Crippen molar-refractivity contribution in [2.75, 3.05) is 19.8 Å². The first-order valence-corrected chi connectivity index (χ1v) is 29.6. The van der Waals surface area contributed by atoms with Gasteiger partial charge in [0.1, 0.15) is 6.61 Å². The largest absolute Gasteiger partial charge is 0.462 e. The average Bonchev–Trinajstić information content (AvgIpc) is 3.30. The van der Waals surface area contributed by atoms with Gasteiger partial charge in [-0.2, -0.15) is 0 Å². The average molecular weight is 906 g/mol. The molecule has 0 aromatic heterocycles. The minimum absolute atomic E-state index is 0.0985. The number of unbranched alkanes of at least 4 members (excludes halogenated alkanes) is 45. The summed E-state index contributed by atoms with van der Waals surface area (Å²) in [6, 6.07) is 0. The van der Waals surface area contributed by atoms with Crippen LogP contribution in [0.15, 0.2) is 0 Å². The van der Waals surface area contributed by atoms with Crippen LogP contribution < -0.4 is 0 Å². The standard InChI is InChI=1S/C59H116O5/c1-4-7-10-13-16-19-22-25-27-29-30-31-32-35-37-40-43-46-49-52-58(60)63-56-57(64-59(61)53-50-47-44-41-38-34-24-21-18-15-12-9-6-3)55-62-54-51-48-45-42-39-36-33-28-26-23-20-17-14-11-8-5-2/h57H,4-56H2,1-3H3. The van der Waals surface area contributed by atoms with Gasteiger partial charge in [0.2, 0.25) is 0 Å². The summed E-state index contributed by atoms with van der Waals surface area (Å²) in [5.41, 5.74) is 0. The Morgan fingerprint density at radius 2 is 0.516 bits per heavy atom. The van der Waals surface area contributed by atoms with Crippen LogP contribution in [0.4, 0.5) is 0 Å². The van der Waals surface area contributed by atoms with E-state index >= 15 is 0 Å². The Morgan fingerprint density at radius 3 is 0.797 bits per heavy atom. The minimum Gasteiger partial charge on any atom is -0.462 e. The second-order valence-corrected chi connectivity index (χ2v) is 20.3. The van der Waals surface area contributed by atoms with Gasteiger partial charge in [-0.15, -0.1) is 0 Å². The number of esters is 2. The zero-order valence-corrected chi connectivity index (χ0v) is 44.1. The molecular weight excluding hydrogens is 789 g/mol. The number of ether oxygens (including phenoxy) is 3. The first kappa shape index (κ1) is 62.9. The van der Waals surface area contributed by atoms with Gasteiger partial charge in [0.25, 0.3) is 0 Å². The lowest BCUT2D eigenvalue weighted by molar-refractivity contribution is -0.163. The molecule has 64 heavy (non-hydrogen) atoms. The van der Waals surface area contributed by atoms with Crippen LogP contribution in [0.25, 0.3) is 0 Å². The predicted molar refractivity (Wildman–Crippen MR) is 280 cm³/mol. The lowest BCUT2D eigenvalue weighted by Crippen LogP contribution is -2.30. The van der Waals surface area contributed by atoms with E-state index in [0.29, 0.717) is 26.1 Å². The van der Waals surface area contributed by atoms with E-state index in [1.54, 1.807) is 0 Å².